The highest BCUT2D eigenvalue weighted by Gasteiger charge is 2.19. The zero-order valence-electron chi connectivity index (χ0n) is 19.2. The number of nitrogens with one attached hydrogen (secondary N) is 2. The van der Waals surface area contributed by atoms with Gasteiger partial charge in [-0.05, 0) is 37.4 Å². The molecular formula is C26H32N6O. The van der Waals surface area contributed by atoms with Gasteiger partial charge in [0.1, 0.15) is 11.3 Å². The minimum atomic E-state index is -0.0820. The van der Waals surface area contributed by atoms with Crippen LogP contribution >= 0.6 is 0 Å². The number of fused-ring (bicyclic) bond motifs is 3. The topological polar surface area (TPSA) is 97.9 Å². The number of benzene rings is 2. The molecule has 0 saturated carbocycles. The number of hydrogen-bond donors (Lipinski definition) is 3. The van der Waals surface area contributed by atoms with E-state index in [1.165, 1.54) is 5.56 Å². The molecule has 33 heavy (non-hydrogen) atoms. The van der Waals surface area contributed by atoms with Gasteiger partial charge in [-0.15, -0.1) is 0 Å². The Morgan fingerprint density at radius 1 is 1.00 bits per heavy atom. The lowest BCUT2D eigenvalue weighted by molar-refractivity contribution is -0.120. The van der Waals surface area contributed by atoms with Gasteiger partial charge in [-0.25, -0.2) is 9.97 Å². The number of rotatable bonds is 11. The Labute approximate surface area is 194 Å². The molecule has 2 aromatic carbocycles. The molecule has 4 aromatic rings. The van der Waals surface area contributed by atoms with Crippen molar-refractivity contribution in [3.8, 4) is 0 Å². The van der Waals surface area contributed by atoms with Crippen LogP contribution < -0.4 is 16.6 Å². The smallest absolute Gasteiger partial charge is 0.238 e. The van der Waals surface area contributed by atoms with E-state index in [0.29, 0.717) is 18.8 Å². The third-order valence-electron chi connectivity index (χ3n) is 5.78. The lowest BCUT2D eigenvalue weighted by Crippen LogP contribution is -2.29. The van der Waals surface area contributed by atoms with Gasteiger partial charge in [-0.3, -0.25) is 15.6 Å². The summed E-state index contributed by atoms with van der Waals surface area (Å²) in [5, 5.41) is 1.05. The summed E-state index contributed by atoms with van der Waals surface area (Å²) in [4.78, 5) is 22.1. The van der Waals surface area contributed by atoms with Gasteiger partial charge >= 0.3 is 0 Å². The second-order valence-corrected chi connectivity index (χ2v) is 8.30. The van der Waals surface area contributed by atoms with E-state index in [1.807, 2.05) is 24.3 Å². The number of carbonyl (C=O) groups is 1. The summed E-state index contributed by atoms with van der Waals surface area (Å²) >= 11 is 0. The molecule has 0 aliphatic carbocycles. The first kappa shape index (κ1) is 22.7. The van der Waals surface area contributed by atoms with Gasteiger partial charge < -0.3 is 10.3 Å². The monoisotopic (exact) mass is 444 g/mol. The molecule has 0 bridgehead atoms. The van der Waals surface area contributed by atoms with E-state index in [0.717, 1.165) is 66.4 Å². The number of para-hydroxylation sites is 1. The SMILES string of the molecule is CCCCc1nc2c(NNC(=O)CCCCN)nc3ccccc3c2n1Cc1ccccc1. The summed E-state index contributed by atoms with van der Waals surface area (Å²) in [7, 11) is 0. The Hall–Kier alpha value is -3.45. The van der Waals surface area contributed by atoms with E-state index in [2.05, 4.69) is 52.7 Å². The van der Waals surface area contributed by atoms with Crippen molar-refractivity contribution in [2.45, 2.75) is 52.0 Å². The zero-order chi connectivity index (χ0) is 23.0. The number of imidazole rings is 1. The summed E-state index contributed by atoms with van der Waals surface area (Å²) in [6, 6.07) is 18.5. The van der Waals surface area contributed by atoms with Gasteiger partial charge in [0, 0.05) is 24.8 Å². The Morgan fingerprint density at radius 2 is 1.79 bits per heavy atom. The van der Waals surface area contributed by atoms with Crippen LogP contribution in [0, 0.1) is 0 Å². The van der Waals surface area contributed by atoms with Crippen molar-refractivity contribution in [2.24, 2.45) is 5.73 Å². The van der Waals surface area contributed by atoms with Crippen LogP contribution in [0.2, 0.25) is 0 Å². The van der Waals surface area contributed by atoms with E-state index in [4.69, 9.17) is 15.7 Å². The average Bonchev–Trinajstić information content (AvgIpc) is 3.20. The number of aromatic nitrogens is 3. The largest absolute Gasteiger partial charge is 0.330 e. The maximum Gasteiger partial charge on any atom is 0.238 e. The van der Waals surface area contributed by atoms with Crippen LogP contribution in [-0.4, -0.2) is 27.0 Å². The van der Waals surface area contributed by atoms with Gasteiger partial charge in [0.05, 0.1) is 11.0 Å². The van der Waals surface area contributed by atoms with Crippen LogP contribution in [0.4, 0.5) is 5.82 Å². The lowest BCUT2D eigenvalue weighted by atomic mass is 10.1. The maximum atomic E-state index is 12.3. The fourth-order valence-corrected chi connectivity index (χ4v) is 4.05. The summed E-state index contributed by atoms with van der Waals surface area (Å²) in [5.41, 5.74) is 15.3. The van der Waals surface area contributed by atoms with Crippen molar-refractivity contribution in [1.82, 2.24) is 20.0 Å². The molecule has 0 aliphatic heterocycles. The third-order valence-corrected chi connectivity index (χ3v) is 5.78. The van der Waals surface area contributed by atoms with Gasteiger partial charge in [0.15, 0.2) is 5.82 Å². The lowest BCUT2D eigenvalue weighted by Gasteiger charge is -2.13. The van der Waals surface area contributed by atoms with Gasteiger partial charge in [0.2, 0.25) is 5.91 Å². The number of aryl methyl sites for hydroxylation is 1. The molecular weight excluding hydrogens is 412 g/mol. The first-order valence-electron chi connectivity index (χ1n) is 11.8. The number of nitrogens with zero attached hydrogens (tertiary/aromatic N) is 3. The van der Waals surface area contributed by atoms with E-state index in [-0.39, 0.29) is 5.91 Å². The first-order chi connectivity index (χ1) is 16.2. The molecule has 0 atom stereocenters. The molecule has 0 spiro atoms. The number of unbranched alkanes of at least 4 members (excludes halogenated alkanes) is 2. The quantitative estimate of drug-likeness (QED) is 0.233. The molecule has 7 heteroatoms. The summed E-state index contributed by atoms with van der Waals surface area (Å²) in [5.74, 6) is 1.52. The Bertz CT molecular complexity index is 1220. The fourth-order valence-electron chi connectivity index (χ4n) is 4.05. The molecule has 7 nitrogen and oxygen atoms in total. The normalized spacial score (nSPS) is 11.2. The summed E-state index contributed by atoms with van der Waals surface area (Å²) < 4.78 is 2.30. The number of hydrogen-bond acceptors (Lipinski definition) is 5. The molecule has 0 saturated heterocycles. The highest BCUT2D eigenvalue weighted by atomic mass is 16.2. The van der Waals surface area contributed by atoms with Crippen molar-refractivity contribution in [3.63, 3.8) is 0 Å². The van der Waals surface area contributed by atoms with Crippen molar-refractivity contribution >= 4 is 33.7 Å². The summed E-state index contributed by atoms with van der Waals surface area (Å²) in [6.45, 7) is 3.51. The van der Waals surface area contributed by atoms with Gasteiger partial charge in [-0.2, -0.15) is 0 Å². The second kappa shape index (κ2) is 10.9. The predicted molar refractivity (Wildman–Crippen MR) is 134 cm³/mol. The van der Waals surface area contributed by atoms with Crippen LogP contribution in [0.1, 0.15) is 50.4 Å². The van der Waals surface area contributed by atoms with Crippen molar-refractivity contribution in [1.29, 1.82) is 0 Å². The highest BCUT2D eigenvalue weighted by molar-refractivity contribution is 6.07. The zero-order valence-corrected chi connectivity index (χ0v) is 19.2. The molecule has 172 valence electrons. The minimum Gasteiger partial charge on any atom is -0.330 e. The number of pyridine rings is 1. The molecule has 0 fully saturated rings. The first-order valence-corrected chi connectivity index (χ1v) is 11.8. The van der Waals surface area contributed by atoms with E-state index < -0.39 is 0 Å². The molecule has 0 radical (unpaired) electrons. The van der Waals surface area contributed by atoms with Gasteiger partial charge in [0.25, 0.3) is 0 Å². The van der Waals surface area contributed by atoms with E-state index in [1.54, 1.807) is 0 Å². The van der Waals surface area contributed by atoms with Crippen LogP contribution in [0.25, 0.3) is 21.9 Å². The van der Waals surface area contributed by atoms with Crippen molar-refractivity contribution in [3.05, 3.63) is 66.0 Å². The Morgan fingerprint density at radius 3 is 2.58 bits per heavy atom. The molecule has 1 amide bonds. The summed E-state index contributed by atoms with van der Waals surface area (Å²) in [6.07, 6.45) is 5.05. The average molecular weight is 445 g/mol. The molecule has 0 unspecified atom stereocenters. The molecule has 4 N–H and O–H groups in total. The minimum absolute atomic E-state index is 0.0820. The molecule has 2 aromatic heterocycles. The fraction of sp³-hybridized carbons (Fsp3) is 0.346. The maximum absolute atomic E-state index is 12.3. The highest BCUT2D eigenvalue weighted by Crippen LogP contribution is 2.31. The van der Waals surface area contributed by atoms with E-state index >= 15 is 0 Å². The predicted octanol–water partition coefficient (Wildman–Crippen LogP) is 4.55. The third kappa shape index (κ3) is 5.31. The number of amides is 1. The Balaban J connectivity index is 1.77. The standard InChI is InChI=1S/C26H32N6O/c1-2-3-15-22-29-24-25(32(22)18-19-11-5-4-6-12-19)20-13-7-8-14-21(20)28-26(24)31-30-23(33)16-9-10-17-27/h4-8,11-14H,2-3,9-10,15-18,27H2,1H3,(H,28,31)(H,30,33). The number of anilines is 1. The second-order valence-electron chi connectivity index (χ2n) is 8.30. The Kier molecular flexibility index (Phi) is 7.52. The number of nitrogens with two attached hydrogens (primary N) is 1. The molecule has 4 rings (SSSR count). The number of hydrazine groups is 1. The number of carbonyl (C=O) groups excluding carboxylic acids is 1. The molecule has 0 aliphatic rings. The van der Waals surface area contributed by atoms with Gasteiger partial charge in [-0.1, -0.05) is 61.9 Å². The van der Waals surface area contributed by atoms with Crippen molar-refractivity contribution in [2.75, 3.05) is 12.0 Å². The molecule has 2 heterocycles. The van der Waals surface area contributed by atoms with Crippen LogP contribution in [0.3, 0.4) is 0 Å². The van der Waals surface area contributed by atoms with Crippen LogP contribution in [-0.2, 0) is 17.8 Å². The van der Waals surface area contributed by atoms with Crippen LogP contribution in [0.15, 0.2) is 54.6 Å². The van der Waals surface area contributed by atoms with Crippen LogP contribution in [0.5, 0.6) is 0 Å². The van der Waals surface area contributed by atoms with E-state index in [9.17, 15) is 4.79 Å². The van der Waals surface area contributed by atoms with Crippen molar-refractivity contribution < 1.29 is 4.79 Å².